The average Bonchev–Trinajstić information content (AvgIpc) is 3.24. The van der Waals surface area contributed by atoms with E-state index in [2.05, 4.69) is 37.3 Å². The fourth-order valence-electron chi connectivity index (χ4n) is 3.66. The minimum absolute atomic E-state index is 0.0495. The number of aryl methyl sites for hydroxylation is 1. The van der Waals surface area contributed by atoms with Gasteiger partial charge in [-0.25, -0.2) is 17.8 Å². The molecule has 4 rings (SSSR count). The van der Waals surface area contributed by atoms with Gasteiger partial charge >= 0.3 is 0 Å². The third kappa shape index (κ3) is 4.69. The Hall–Kier alpha value is -2.62. The molecule has 0 aliphatic carbocycles. The average molecular weight is 413 g/mol. The van der Waals surface area contributed by atoms with Crippen LogP contribution in [0.25, 0.3) is 5.69 Å². The van der Waals surface area contributed by atoms with Crippen molar-refractivity contribution in [2.75, 3.05) is 13.1 Å². The van der Waals surface area contributed by atoms with Gasteiger partial charge < -0.3 is 0 Å². The number of hydrogen-bond acceptors (Lipinski definition) is 6. The zero-order chi connectivity index (χ0) is 20.3. The Kier molecular flexibility index (Phi) is 5.70. The minimum Gasteiger partial charge on any atom is -0.299 e. The molecule has 3 aromatic rings. The molecule has 0 saturated carbocycles. The van der Waals surface area contributed by atoms with Gasteiger partial charge in [0.15, 0.2) is 0 Å². The van der Waals surface area contributed by atoms with Gasteiger partial charge in [-0.1, -0.05) is 30.3 Å². The molecule has 2 heterocycles. The highest BCUT2D eigenvalue weighted by molar-refractivity contribution is 7.89. The molecule has 0 radical (unpaired) electrons. The number of tetrazole rings is 1. The predicted octanol–water partition coefficient (Wildman–Crippen LogP) is 1.91. The van der Waals surface area contributed by atoms with Crippen molar-refractivity contribution < 1.29 is 8.42 Å². The number of nitrogens with zero attached hydrogens (tertiary/aromatic N) is 5. The van der Waals surface area contributed by atoms with Crippen molar-refractivity contribution in [1.29, 1.82) is 0 Å². The van der Waals surface area contributed by atoms with Crippen molar-refractivity contribution in [2.24, 2.45) is 0 Å². The monoisotopic (exact) mass is 412 g/mol. The summed E-state index contributed by atoms with van der Waals surface area (Å²) in [5, 5.41) is 11.1. The van der Waals surface area contributed by atoms with Crippen LogP contribution in [-0.2, 0) is 16.6 Å². The highest BCUT2D eigenvalue weighted by Crippen LogP contribution is 2.20. The quantitative estimate of drug-likeness (QED) is 0.665. The van der Waals surface area contributed by atoms with E-state index in [1.54, 1.807) is 18.2 Å². The molecule has 1 aromatic heterocycles. The van der Waals surface area contributed by atoms with E-state index in [1.165, 1.54) is 16.6 Å². The van der Waals surface area contributed by atoms with Crippen molar-refractivity contribution in [2.45, 2.75) is 37.2 Å². The van der Waals surface area contributed by atoms with E-state index in [4.69, 9.17) is 0 Å². The Labute approximate surface area is 170 Å². The smallest absolute Gasteiger partial charge is 0.240 e. The van der Waals surface area contributed by atoms with Crippen LogP contribution in [0.2, 0.25) is 0 Å². The summed E-state index contributed by atoms with van der Waals surface area (Å²) in [4.78, 5) is 2.63. The van der Waals surface area contributed by atoms with Crippen LogP contribution < -0.4 is 4.72 Å². The second-order valence-corrected chi connectivity index (χ2v) is 9.07. The number of rotatable bonds is 6. The molecule has 1 aliphatic heterocycles. The van der Waals surface area contributed by atoms with Gasteiger partial charge in [-0.05, 0) is 59.5 Å². The number of sulfonamides is 1. The van der Waals surface area contributed by atoms with E-state index in [-0.39, 0.29) is 10.9 Å². The molecule has 0 spiro atoms. The first-order valence-electron chi connectivity index (χ1n) is 9.64. The zero-order valence-corrected chi connectivity index (χ0v) is 17.1. The van der Waals surface area contributed by atoms with E-state index in [1.807, 2.05) is 25.1 Å². The lowest BCUT2D eigenvalue weighted by atomic mass is 10.1. The molecular weight excluding hydrogens is 388 g/mol. The van der Waals surface area contributed by atoms with Gasteiger partial charge in [0.05, 0.1) is 10.6 Å². The summed E-state index contributed by atoms with van der Waals surface area (Å²) in [6, 6.07) is 15.3. The first kappa shape index (κ1) is 19.7. The number of likely N-dealkylation sites (tertiary alicyclic amines) is 1. The predicted molar refractivity (Wildman–Crippen MR) is 109 cm³/mol. The highest BCUT2D eigenvalue weighted by atomic mass is 32.2. The molecule has 9 heteroatoms. The van der Waals surface area contributed by atoms with Gasteiger partial charge in [0.25, 0.3) is 0 Å². The van der Waals surface area contributed by atoms with Crippen molar-refractivity contribution in [3.05, 3.63) is 66.0 Å². The topological polar surface area (TPSA) is 93.0 Å². The molecule has 1 aliphatic rings. The summed E-state index contributed by atoms with van der Waals surface area (Å²) in [6.07, 6.45) is 3.08. The van der Waals surface area contributed by atoms with Gasteiger partial charge in [0.1, 0.15) is 6.33 Å². The molecule has 1 N–H and O–H groups in total. The molecule has 0 unspecified atom stereocenters. The highest BCUT2D eigenvalue weighted by Gasteiger charge is 2.25. The summed E-state index contributed by atoms with van der Waals surface area (Å²) in [7, 11) is -3.57. The number of nitrogens with one attached hydrogen (secondary N) is 1. The van der Waals surface area contributed by atoms with Gasteiger partial charge in [-0.15, -0.1) is 5.10 Å². The van der Waals surface area contributed by atoms with Gasteiger partial charge in [-0.3, -0.25) is 4.90 Å². The number of benzene rings is 2. The maximum atomic E-state index is 12.9. The lowest BCUT2D eigenvalue weighted by Crippen LogP contribution is -2.44. The summed E-state index contributed by atoms with van der Waals surface area (Å²) in [6.45, 7) is 4.49. The van der Waals surface area contributed by atoms with Gasteiger partial charge in [0, 0.05) is 25.7 Å². The van der Waals surface area contributed by atoms with Crippen LogP contribution in [0.15, 0.2) is 59.8 Å². The molecule has 152 valence electrons. The largest absolute Gasteiger partial charge is 0.299 e. The summed E-state index contributed by atoms with van der Waals surface area (Å²) < 4.78 is 30.1. The Morgan fingerprint density at radius 3 is 2.52 bits per heavy atom. The van der Waals surface area contributed by atoms with Crippen molar-refractivity contribution in [3.8, 4) is 5.69 Å². The van der Waals surface area contributed by atoms with Crippen LogP contribution in [0, 0.1) is 6.92 Å². The minimum atomic E-state index is -3.57. The van der Waals surface area contributed by atoms with E-state index in [0.717, 1.165) is 43.7 Å². The molecule has 1 saturated heterocycles. The number of hydrogen-bond donors (Lipinski definition) is 1. The van der Waals surface area contributed by atoms with Gasteiger partial charge in [-0.2, -0.15) is 0 Å². The summed E-state index contributed by atoms with van der Waals surface area (Å²) in [5.74, 6) is 0. The van der Waals surface area contributed by atoms with Gasteiger partial charge in [0.2, 0.25) is 10.0 Å². The zero-order valence-electron chi connectivity index (χ0n) is 16.3. The third-order valence-corrected chi connectivity index (χ3v) is 6.75. The molecule has 0 amide bonds. The fraction of sp³-hybridized carbons (Fsp3) is 0.350. The molecule has 0 bridgehead atoms. The normalized spacial score (nSPS) is 16.2. The van der Waals surface area contributed by atoms with Crippen LogP contribution in [-0.4, -0.2) is 52.7 Å². The van der Waals surface area contributed by atoms with E-state index < -0.39 is 10.0 Å². The molecular formula is C20H24N6O2S. The molecule has 2 aromatic carbocycles. The lowest BCUT2D eigenvalue weighted by Gasteiger charge is -2.32. The maximum Gasteiger partial charge on any atom is 0.240 e. The molecule has 29 heavy (non-hydrogen) atoms. The van der Waals surface area contributed by atoms with E-state index >= 15 is 0 Å². The van der Waals surface area contributed by atoms with Crippen molar-refractivity contribution in [1.82, 2.24) is 29.8 Å². The first-order valence-corrected chi connectivity index (χ1v) is 11.1. The van der Waals surface area contributed by atoms with E-state index in [0.29, 0.717) is 0 Å². The summed E-state index contributed by atoms with van der Waals surface area (Å²) in [5.41, 5.74) is 2.82. The molecule has 0 atom stereocenters. The van der Waals surface area contributed by atoms with Crippen LogP contribution >= 0.6 is 0 Å². The summed E-state index contributed by atoms with van der Waals surface area (Å²) >= 11 is 0. The Bertz CT molecular complexity index is 1050. The second kappa shape index (κ2) is 8.40. The first-order chi connectivity index (χ1) is 14.0. The van der Waals surface area contributed by atoms with Crippen LogP contribution in [0.5, 0.6) is 0 Å². The second-order valence-electron chi connectivity index (χ2n) is 7.36. The maximum absolute atomic E-state index is 12.9. The number of piperidine rings is 1. The molecule has 1 fully saturated rings. The Morgan fingerprint density at radius 2 is 1.86 bits per heavy atom. The van der Waals surface area contributed by atoms with Crippen LogP contribution in [0.3, 0.4) is 0 Å². The molecule has 8 nitrogen and oxygen atoms in total. The standard InChI is InChI=1S/C20H24N6O2S/c1-16-13-19(7-8-20(16)26-15-21-23-24-26)29(27,28)22-18-9-11-25(12-10-18)14-17-5-3-2-4-6-17/h2-8,13,15,18,22H,9-12,14H2,1H3. The fourth-order valence-corrected chi connectivity index (χ4v) is 5.05. The van der Waals surface area contributed by atoms with E-state index in [9.17, 15) is 8.42 Å². The Morgan fingerprint density at radius 1 is 1.10 bits per heavy atom. The van der Waals surface area contributed by atoms with Crippen LogP contribution in [0.1, 0.15) is 24.0 Å². The lowest BCUT2D eigenvalue weighted by molar-refractivity contribution is 0.200. The Balaban J connectivity index is 1.37. The number of aromatic nitrogens is 4. The van der Waals surface area contributed by atoms with Crippen LogP contribution in [0.4, 0.5) is 0 Å². The van der Waals surface area contributed by atoms with Crippen molar-refractivity contribution in [3.63, 3.8) is 0 Å². The van der Waals surface area contributed by atoms with Crippen molar-refractivity contribution >= 4 is 10.0 Å². The SMILES string of the molecule is Cc1cc(S(=O)(=O)NC2CCN(Cc3ccccc3)CC2)ccc1-n1cnnn1. The third-order valence-electron chi connectivity index (χ3n) is 5.23.